The lowest BCUT2D eigenvalue weighted by atomic mass is 10.0. The third-order valence-corrected chi connectivity index (χ3v) is 5.92. The zero-order valence-corrected chi connectivity index (χ0v) is 18.5. The molecule has 0 aliphatic carbocycles. The maximum absolute atomic E-state index is 13.2. The molecule has 1 atom stereocenters. The van der Waals surface area contributed by atoms with Crippen molar-refractivity contribution >= 4 is 17.3 Å². The molecular formula is C27H31N3O2. The Balaban J connectivity index is 1.49. The lowest BCUT2D eigenvalue weighted by Crippen LogP contribution is -2.35. The van der Waals surface area contributed by atoms with E-state index in [1.807, 2.05) is 73.7 Å². The fraction of sp³-hybridized carbons (Fsp3) is 0.296. The van der Waals surface area contributed by atoms with Gasteiger partial charge in [-0.05, 0) is 55.2 Å². The van der Waals surface area contributed by atoms with Crippen LogP contribution in [0, 0.1) is 6.92 Å². The summed E-state index contributed by atoms with van der Waals surface area (Å²) in [5, 5.41) is 16.2. The van der Waals surface area contributed by atoms with Gasteiger partial charge in [0.25, 0.3) is 5.91 Å². The highest BCUT2D eigenvalue weighted by atomic mass is 16.3. The van der Waals surface area contributed by atoms with Gasteiger partial charge in [-0.1, -0.05) is 60.2 Å². The third kappa shape index (κ3) is 5.96. The van der Waals surface area contributed by atoms with Gasteiger partial charge in [0.2, 0.25) is 0 Å². The van der Waals surface area contributed by atoms with E-state index in [9.17, 15) is 9.90 Å². The molecule has 0 bridgehead atoms. The van der Waals surface area contributed by atoms with E-state index in [0.29, 0.717) is 0 Å². The summed E-state index contributed by atoms with van der Waals surface area (Å²) in [6.45, 7) is 4.68. The number of benzene rings is 3. The molecule has 1 saturated heterocycles. The number of nitrogens with one attached hydrogen (secondary N) is 2. The van der Waals surface area contributed by atoms with Crippen LogP contribution in [0.5, 0.6) is 0 Å². The van der Waals surface area contributed by atoms with Crippen LogP contribution in [0.1, 0.15) is 35.6 Å². The van der Waals surface area contributed by atoms with Gasteiger partial charge in [-0.25, -0.2) is 0 Å². The summed E-state index contributed by atoms with van der Waals surface area (Å²) in [5.74, 6) is -0.101. The van der Waals surface area contributed by atoms with Crippen molar-refractivity contribution in [3.05, 3.63) is 95.6 Å². The largest absolute Gasteiger partial charge is 0.393 e. The number of nitrogens with zero attached hydrogens (tertiary/aromatic N) is 1. The molecule has 1 aliphatic heterocycles. The first kappa shape index (κ1) is 22.1. The smallest absolute Gasteiger partial charge is 0.251 e. The molecule has 0 radical (unpaired) electrons. The maximum Gasteiger partial charge on any atom is 0.251 e. The second kappa shape index (κ2) is 10.4. The Kier molecular flexibility index (Phi) is 7.20. The molecule has 1 fully saturated rings. The second-order valence-electron chi connectivity index (χ2n) is 8.55. The van der Waals surface area contributed by atoms with E-state index < -0.39 is 6.04 Å². The Morgan fingerprint density at radius 1 is 0.969 bits per heavy atom. The number of piperidine rings is 1. The van der Waals surface area contributed by atoms with E-state index in [0.717, 1.165) is 55.0 Å². The molecule has 4 rings (SSSR count). The molecule has 1 unspecified atom stereocenters. The molecule has 3 aromatic carbocycles. The fourth-order valence-corrected chi connectivity index (χ4v) is 4.06. The number of amides is 1. The molecule has 1 aliphatic rings. The van der Waals surface area contributed by atoms with Crippen LogP contribution in [0.25, 0.3) is 0 Å². The van der Waals surface area contributed by atoms with Crippen molar-refractivity contribution in [3.63, 3.8) is 0 Å². The van der Waals surface area contributed by atoms with Crippen molar-refractivity contribution in [2.45, 2.75) is 38.5 Å². The third-order valence-electron chi connectivity index (χ3n) is 5.92. The molecule has 32 heavy (non-hydrogen) atoms. The van der Waals surface area contributed by atoms with Crippen LogP contribution in [0.3, 0.4) is 0 Å². The molecular weight excluding hydrogens is 398 g/mol. The SMILES string of the molecule is Cc1ccc(NC(=O)C(Nc2cccc(CN3CCC(O)CC3)c2)c2ccccc2)cc1. The van der Waals surface area contributed by atoms with E-state index in [4.69, 9.17) is 0 Å². The highest BCUT2D eigenvalue weighted by Gasteiger charge is 2.21. The predicted molar refractivity (Wildman–Crippen MR) is 130 cm³/mol. The zero-order chi connectivity index (χ0) is 22.3. The Hall–Kier alpha value is -3.15. The summed E-state index contributed by atoms with van der Waals surface area (Å²) in [6.07, 6.45) is 1.48. The lowest BCUT2D eigenvalue weighted by Gasteiger charge is -2.29. The number of rotatable bonds is 7. The van der Waals surface area contributed by atoms with Gasteiger partial charge in [-0.15, -0.1) is 0 Å². The van der Waals surface area contributed by atoms with Gasteiger partial charge < -0.3 is 15.7 Å². The van der Waals surface area contributed by atoms with Crippen molar-refractivity contribution in [3.8, 4) is 0 Å². The number of hydrogen-bond acceptors (Lipinski definition) is 4. The number of carbonyl (C=O) groups is 1. The average Bonchev–Trinajstić information content (AvgIpc) is 2.81. The Morgan fingerprint density at radius 3 is 2.41 bits per heavy atom. The van der Waals surface area contributed by atoms with Crippen LogP contribution < -0.4 is 10.6 Å². The number of hydrogen-bond donors (Lipinski definition) is 3. The quantitative estimate of drug-likeness (QED) is 0.507. The highest BCUT2D eigenvalue weighted by molar-refractivity contribution is 5.97. The van der Waals surface area contributed by atoms with Gasteiger partial charge in [0.15, 0.2) is 0 Å². The number of aliphatic hydroxyl groups excluding tert-OH is 1. The zero-order valence-electron chi connectivity index (χ0n) is 18.5. The first-order chi connectivity index (χ1) is 15.6. The van der Waals surface area contributed by atoms with E-state index in [-0.39, 0.29) is 12.0 Å². The molecule has 5 heteroatoms. The standard InChI is InChI=1S/C27H31N3O2/c1-20-10-12-23(13-11-20)29-27(32)26(22-7-3-2-4-8-22)28-24-9-5-6-21(18-24)19-30-16-14-25(31)15-17-30/h2-13,18,25-26,28,31H,14-17,19H2,1H3,(H,29,32). The Morgan fingerprint density at radius 2 is 1.69 bits per heavy atom. The molecule has 0 saturated carbocycles. The first-order valence-corrected chi connectivity index (χ1v) is 11.3. The average molecular weight is 430 g/mol. The number of aliphatic hydroxyl groups is 1. The molecule has 5 nitrogen and oxygen atoms in total. The van der Waals surface area contributed by atoms with Gasteiger partial charge in [0.05, 0.1) is 6.10 Å². The number of likely N-dealkylation sites (tertiary alicyclic amines) is 1. The summed E-state index contributed by atoms with van der Waals surface area (Å²) < 4.78 is 0. The normalized spacial score (nSPS) is 15.8. The van der Waals surface area contributed by atoms with Crippen molar-refractivity contribution < 1.29 is 9.90 Å². The van der Waals surface area contributed by atoms with Gasteiger partial charge in [-0.3, -0.25) is 9.69 Å². The van der Waals surface area contributed by atoms with E-state index in [1.54, 1.807) is 0 Å². The second-order valence-corrected chi connectivity index (χ2v) is 8.55. The summed E-state index contributed by atoms with van der Waals surface area (Å²) in [6, 6.07) is 25.3. The first-order valence-electron chi connectivity index (χ1n) is 11.3. The van der Waals surface area contributed by atoms with Crippen molar-refractivity contribution in [1.29, 1.82) is 0 Å². The van der Waals surface area contributed by atoms with Crippen LogP contribution in [0.4, 0.5) is 11.4 Å². The number of carbonyl (C=O) groups excluding carboxylic acids is 1. The van der Waals surface area contributed by atoms with Crippen molar-refractivity contribution in [2.24, 2.45) is 0 Å². The van der Waals surface area contributed by atoms with Crippen LogP contribution in [0.2, 0.25) is 0 Å². The molecule has 0 spiro atoms. The van der Waals surface area contributed by atoms with Crippen molar-refractivity contribution in [2.75, 3.05) is 23.7 Å². The Labute approximate surface area is 190 Å². The van der Waals surface area contributed by atoms with Gasteiger partial charge in [0.1, 0.15) is 6.04 Å². The van der Waals surface area contributed by atoms with Crippen LogP contribution >= 0.6 is 0 Å². The minimum Gasteiger partial charge on any atom is -0.393 e. The van der Waals surface area contributed by atoms with Gasteiger partial charge in [-0.2, -0.15) is 0 Å². The van der Waals surface area contributed by atoms with E-state index >= 15 is 0 Å². The van der Waals surface area contributed by atoms with Crippen LogP contribution in [-0.2, 0) is 11.3 Å². The van der Waals surface area contributed by atoms with Crippen molar-refractivity contribution in [1.82, 2.24) is 4.90 Å². The summed E-state index contributed by atoms with van der Waals surface area (Å²) >= 11 is 0. The van der Waals surface area contributed by atoms with E-state index in [2.05, 4.69) is 27.7 Å². The molecule has 3 N–H and O–H groups in total. The van der Waals surface area contributed by atoms with Crippen LogP contribution in [-0.4, -0.2) is 35.1 Å². The lowest BCUT2D eigenvalue weighted by molar-refractivity contribution is -0.117. The predicted octanol–water partition coefficient (Wildman–Crippen LogP) is 4.74. The van der Waals surface area contributed by atoms with Gasteiger partial charge >= 0.3 is 0 Å². The fourth-order valence-electron chi connectivity index (χ4n) is 4.06. The molecule has 3 aromatic rings. The molecule has 1 amide bonds. The topological polar surface area (TPSA) is 64.6 Å². The number of aryl methyl sites for hydroxylation is 1. The van der Waals surface area contributed by atoms with Crippen LogP contribution in [0.15, 0.2) is 78.9 Å². The summed E-state index contributed by atoms with van der Waals surface area (Å²) in [5.41, 5.74) is 4.95. The molecule has 1 heterocycles. The molecule has 166 valence electrons. The minimum atomic E-state index is -0.516. The number of anilines is 2. The minimum absolute atomic E-state index is 0.101. The Bertz CT molecular complexity index is 1010. The van der Waals surface area contributed by atoms with Gasteiger partial charge in [0, 0.05) is 31.0 Å². The summed E-state index contributed by atoms with van der Waals surface area (Å²) in [4.78, 5) is 15.6. The van der Waals surface area contributed by atoms with E-state index in [1.165, 1.54) is 5.56 Å². The molecule has 0 aromatic heterocycles. The monoisotopic (exact) mass is 429 g/mol. The summed E-state index contributed by atoms with van der Waals surface area (Å²) in [7, 11) is 0. The maximum atomic E-state index is 13.2. The highest BCUT2D eigenvalue weighted by Crippen LogP contribution is 2.24.